The molecule has 0 radical (unpaired) electrons. The van der Waals surface area contributed by atoms with E-state index in [-0.39, 0.29) is 11.6 Å². The average molecular weight is 302 g/mol. The van der Waals surface area contributed by atoms with Gasteiger partial charge in [-0.05, 0) is 24.0 Å². The number of hydrogen-bond donors (Lipinski definition) is 2. The number of hydrogen-bond acceptors (Lipinski definition) is 5. The maximum absolute atomic E-state index is 13.7. The fourth-order valence-corrected chi connectivity index (χ4v) is 2.34. The second kappa shape index (κ2) is 7.09. The summed E-state index contributed by atoms with van der Waals surface area (Å²) in [6.45, 7) is 2.42. The normalized spacial score (nSPS) is 11.9. The first-order chi connectivity index (χ1) is 9.36. The second-order valence-corrected chi connectivity index (χ2v) is 5.26. The lowest BCUT2D eigenvalue weighted by molar-refractivity contribution is -0.385. The highest BCUT2D eigenvalue weighted by Gasteiger charge is 2.23. The molecule has 0 aliphatic carbocycles. The first kappa shape index (κ1) is 16.2. The molecule has 0 saturated heterocycles. The minimum absolute atomic E-state index is 0.0408. The Morgan fingerprint density at radius 1 is 1.60 bits per heavy atom. The molecule has 6 nitrogen and oxygen atoms in total. The van der Waals surface area contributed by atoms with E-state index in [0.717, 1.165) is 11.8 Å². The molecule has 0 aliphatic heterocycles. The number of anilines is 1. The Morgan fingerprint density at radius 2 is 2.25 bits per heavy atom. The number of benzene rings is 1. The summed E-state index contributed by atoms with van der Waals surface area (Å²) in [6, 6.07) is 1.59. The van der Waals surface area contributed by atoms with Gasteiger partial charge in [0.05, 0.1) is 16.7 Å². The van der Waals surface area contributed by atoms with Crippen molar-refractivity contribution in [2.75, 3.05) is 23.9 Å². The van der Waals surface area contributed by atoms with Crippen LogP contribution in [0.25, 0.3) is 0 Å². The van der Waals surface area contributed by atoms with E-state index in [1.54, 1.807) is 11.8 Å². The predicted octanol–water partition coefficient (Wildman–Crippen LogP) is 2.84. The summed E-state index contributed by atoms with van der Waals surface area (Å²) < 4.78 is 13.7. The molecule has 110 valence electrons. The van der Waals surface area contributed by atoms with Gasteiger partial charge in [-0.25, -0.2) is 9.18 Å². The Kier molecular flexibility index (Phi) is 5.75. The molecule has 20 heavy (non-hydrogen) atoms. The summed E-state index contributed by atoms with van der Waals surface area (Å²) in [5.41, 5.74) is -1.32. The number of nitrogens with one attached hydrogen (secondary N) is 1. The average Bonchev–Trinajstić information content (AvgIpc) is 2.36. The molecule has 0 spiro atoms. The van der Waals surface area contributed by atoms with Crippen LogP contribution in [0.4, 0.5) is 15.8 Å². The lowest BCUT2D eigenvalue weighted by Gasteiger charge is -2.13. The van der Waals surface area contributed by atoms with Crippen LogP contribution in [-0.2, 0) is 0 Å². The number of nitro benzene ring substituents is 1. The van der Waals surface area contributed by atoms with Crippen LogP contribution in [0.1, 0.15) is 17.3 Å². The number of halogens is 1. The van der Waals surface area contributed by atoms with Gasteiger partial charge < -0.3 is 10.4 Å². The van der Waals surface area contributed by atoms with E-state index < -0.39 is 28.0 Å². The molecule has 1 rings (SSSR count). The fourth-order valence-electron chi connectivity index (χ4n) is 1.65. The maximum atomic E-state index is 13.7. The van der Waals surface area contributed by atoms with Crippen LogP contribution in [0.3, 0.4) is 0 Å². The molecule has 0 heterocycles. The van der Waals surface area contributed by atoms with Gasteiger partial charge in [0.1, 0.15) is 5.56 Å². The van der Waals surface area contributed by atoms with Crippen molar-refractivity contribution in [2.45, 2.75) is 6.92 Å². The summed E-state index contributed by atoms with van der Waals surface area (Å²) in [4.78, 5) is 20.8. The predicted molar refractivity (Wildman–Crippen MR) is 76.0 cm³/mol. The van der Waals surface area contributed by atoms with E-state index in [1.165, 1.54) is 0 Å². The van der Waals surface area contributed by atoms with E-state index in [4.69, 9.17) is 5.11 Å². The monoisotopic (exact) mass is 302 g/mol. The van der Waals surface area contributed by atoms with Crippen molar-refractivity contribution in [1.82, 2.24) is 0 Å². The summed E-state index contributed by atoms with van der Waals surface area (Å²) >= 11 is 1.65. The smallest absolute Gasteiger partial charge is 0.342 e. The molecule has 0 aromatic heterocycles. The van der Waals surface area contributed by atoms with Crippen LogP contribution in [0.2, 0.25) is 0 Å². The Bertz CT molecular complexity index is 524. The zero-order chi connectivity index (χ0) is 15.3. The van der Waals surface area contributed by atoms with Crippen molar-refractivity contribution >= 4 is 29.1 Å². The van der Waals surface area contributed by atoms with Gasteiger partial charge in [0.25, 0.3) is 5.69 Å². The number of carbonyl (C=O) groups is 1. The van der Waals surface area contributed by atoms with Crippen molar-refractivity contribution in [2.24, 2.45) is 5.92 Å². The van der Waals surface area contributed by atoms with Gasteiger partial charge in [0.2, 0.25) is 0 Å². The molecule has 0 amide bonds. The zero-order valence-electron chi connectivity index (χ0n) is 11.1. The standard InChI is InChI=1S/C12H15FN2O4S/c1-7(6-20-2)5-14-10-3-8(12(16)17)11(15(18)19)4-9(10)13/h3-4,7,14H,5-6H2,1-2H3,(H,16,17). The lowest BCUT2D eigenvalue weighted by Crippen LogP contribution is -2.15. The highest BCUT2D eigenvalue weighted by atomic mass is 32.2. The maximum Gasteiger partial charge on any atom is 0.342 e. The van der Waals surface area contributed by atoms with Gasteiger partial charge in [0.15, 0.2) is 5.82 Å². The second-order valence-electron chi connectivity index (χ2n) is 4.35. The molecule has 1 unspecified atom stereocenters. The quantitative estimate of drug-likeness (QED) is 0.594. The number of rotatable bonds is 7. The molecular formula is C12H15FN2O4S. The van der Waals surface area contributed by atoms with Gasteiger partial charge >= 0.3 is 5.97 Å². The fraction of sp³-hybridized carbons (Fsp3) is 0.417. The van der Waals surface area contributed by atoms with Crippen molar-refractivity contribution in [1.29, 1.82) is 0 Å². The topological polar surface area (TPSA) is 92.5 Å². The van der Waals surface area contributed by atoms with Crippen molar-refractivity contribution < 1.29 is 19.2 Å². The van der Waals surface area contributed by atoms with Gasteiger partial charge in [0, 0.05) is 6.54 Å². The molecule has 0 fully saturated rings. The molecule has 0 saturated carbocycles. The number of carboxylic acid groups (broad SMARTS) is 1. The molecule has 1 aromatic rings. The highest BCUT2D eigenvalue weighted by Crippen LogP contribution is 2.26. The molecule has 8 heteroatoms. The number of carboxylic acids is 1. The number of nitrogens with zero attached hydrogens (tertiary/aromatic N) is 1. The molecule has 0 aliphatic rings. The zero-order valence-corrected chi connectivity index (χ0v) is 11.9. The van der Waals surface area contributed by atoms with E-state index in [1.807, 2.05) is 13.2 Å². The molecule has 1 atom stereocenters. The third kappa shape index (κ3) is 4.09. The van der Waals surface area contributed by atoms with E-state index >= 15 is 0 Å². The summed E-state index contributed by atoms with van der Waals surface area (Å²) in [7, 11) is 0. The summed E-state index contributed by atoms with van der Waals surface area (Å²) in [6.07, 6.45) is 1.95. The van der Waals surface area contributed by atoms with Gasteiger partial charge in [-0.2, -0.15) is 11.8 Å². The molecule has 2 N–H and O–H groups in total. The van der Waals surface area contributed by atoms with E-state index in [2.05, 4.69) is 5.32 Å². The minimum Gasteiger partial charge on any atom is -0.477 e. The Hall–Kier alpha value is -1.83. The van der Waals surface area contributed by atoms with Gasteiger partial charge in [-0.3, -0.25) is 10.1 Å². The molecule has 0 bridgehead atoms. The van der Waals surface area contributed by atoms with Crippen molar-refractivity contribution in [3.05, 3.63) is 33.6 Å². The largest absolute Gasteiger partial charge is 0.477 e. The first-order valence-electron chi connectivity index (χ1n) is 5.80. The third-order valence-electron chi connectivity index (χ3n) is 2.60. The lowest BCUT2D eigenvalue weighted by atomic mass is 10.1. The Labute approximate surface area is 119 Å². The third-order valence-corrected chi connectivity index (χ3v) is 3.51. The number of aromatic carboxylic acids is 1. The van der Waals surface area contributed by atoms with Crippen LogP contribution < -0.4 is 5.32 Å². The van der Waals surface area contributed by atoms with Gasteiger partial charge in [-0.15, -0.1) is 0 Å². The van der Waals surface area contributed by atoms with Crippen molar-refractivity contribution in [3.63, 3.8) is 0 Å². The number of thioether (sulfide) groups is 1. The molecule has 1 aromatic carbocycles. The van der Waals surface area contributed by atoms with E-state index in [0.29, 0.717) is 12.6 Å². The Balaban J connectivity index is 3.01. The van der Waals surface area contributed by atoms with Crippen LogP contribution >= 0.6 is 11.8 Å². The van der Waals surface area contributed by atoms with Crippen LogP contribution in [0, 0.1) is 21.8 Å². The minimum atomic E-state index is -1.46. The van der Waals surface area contributed by atoms with Crippen LogP contribution in [0.5, 0.6) is 0 Å². The highest BCUT2D eigenvalue weighted by molar-refractivity contribution is 7.98. The van der Waals surface area contributed by atoms with E-state index in [9.17, 15) is 19.3 Å². The van der Waals surface area contributed by atoms with Crippen LogP contribution in [0.15, 0.2) is 12.1 Å². The summed E-state index contributed by atoms with van der Waals surface area (Å²) in [5.74, 6) is -1.17. The SMILES string of the molecule is CSCC(C)CNc1cc(C(=O)O)c([N+](=O)[O-])cc1F. The number of nitro groups is 1. The van der Waals surface area contributed by atoms with Crippen molar-refractivity contribution in [3.8, 4) is 0 Å². The van der Waals surface area contributed by atoms with Gasteiger partial charge in [-0.1, -0.05) is 6.92 Å². The van der Waals surface area contributed by atoms with Crippen LogP contribution in [-0.4, -0.2) is 34.6 Å². The first-order valence-corrected chi connectivity index (χ1v) is 7.20. The Morgan fingerprint density at radius 3 is 2.75 bits per heavy atom. The molecular weight excluding hydrogens is 287 g/mol. The summed E-state index contributed by atoms with van der Waals surface area (Å²) in [5, 5.41) is 22.4.